The fraction of sp³-hybridized carbons (Fsp3) is 0.318. The Labute approximate surface area is 175 Å². The second kappa shape index (κ2) is 11.3. The van der Waals surface area contributed by atoms with Crippen molar-refractivity contribution >= 4 is 29.0 Å². The van der Waals surface area contributed by atoms with Crippen molar-refractivity contribution in [3.05, 3.63) is 53.6 Å². The molecule has 2 rings (SSSR count). The number of ether oxygens (including phenoxy) is 2. The number of hydrogen-bond acceptors (Lipinski definition) is 8. The van der Waals surface area contributed by atoms with Gasteiger partial charge >= 0.3 is 11.9 Å². The third kappa shape index (κ3) is 7.36. The van der Waals surface area contributed by atoms with Crippen LogP contribution in [0.1, 0.15) is 25.0 Å². The van der Waals surface area contributed by atoms with Gasteiger partial charge in [-0.15, -0.1) is 5.11 Å². The lowest BCUT2D eigenvalue weighted by molar-refractivity contribution is -0.141. The molecule has 2 aromatic rings. The molecule has 2 aromatic carbocycles. The minimum Gasteiger partial charge on any atom is -0.464 e. The van der Waals surface area contributed by atoms with Gasteiger partial charge in [0.25, 0.3) is 0 Å². The average molecular weight is 408 g/mol. The molecule has 0 saturated heterocycles. The van der Waals surface area contributed by atoms with Gasteiger partial charge in [-0.25, -0.2) is 0 Å². The Bertz CT molecular complexity index is 929. The zero-order valence-corrected chi connectivity index (χ0v) is 17.3. The molecule has 0 N–H and O–H groups in total. The smallest absolute Gasteiger partial charge is 0.302 e. The van der Waals surface area contributed by atoms with Gasteiger partial charge in [0.05, 0.1) is 24.3 Å². The number of nitriles is 1. The van der Waals surface area contributed by atoms with Gasteiger partial charge in [0.1, 0.15) is 25.0 Å². The number of esters is 2. The van der Waals surface area contributed by atoms with Crippen molar-refractivity contribution in [1.29, 1.82) is 5.26 Å². The largest absolute Gasteiger partial charge is 0.464 e. The summed E-state index contributed by atoms with van der Waals surface area (Å²) in [5.41, 5.74) is 3.45. The summed E-state index contributed by atoms with van der Waals surface area (Å²) in [5.74, 6) is -0.697. The van der Waals surface area contributed by atoms with E-state index >= 15 is 0 Å². The van der Waals surface area contributed by atoms with E-state index in [-0.39, 0.29) is 25.2 Å². The van der Waals surface area contributed by atoms with E-state index in [1.807, 2.05) is 30.0 Å². The van der Waals surface area contributed by atoms with Crippen LogP contribution in [0.25, 0.3) is 0 Å². The lowest BCUT2D eigenvalue weighted by Gasteiger charge is -2.24. The summed E-state index contributed by atoms with van der Waals surface area (Å²) >= 11 is 0. The van der Waals surface area contributed by atoms with Gasteiger partial charge in [-0.2, -0.15) is 10.4 Å². The fourth-order valence-electron chi connectivity index (χ4n) is 2.64. The topological polar surface area (TPSA) is 104 Å². The molecule has 8 nitrogen and oxygen atoms in total. The maximum Gasteiger partial charge on any atom is 0.302 e. The number of carbonyl (C=O) groups excluding carboxylic acids is 2. The Morgan fingerprint density at radius 3 is 2.10 bits per heavy atom. The summed E-state index contributed by atoms with van der Waals surface area (Å²) in [6.45, 7) is 5.98. The zero-order valence-electron chi connectivity index (χ0n) is 17.3. The Morgan fingerprint density at radius 2 is 1.57 bits per heavy atom. The highest BCUT2D eigenvalue weighted by Gasteiger charge is 2.09. The van der Waals surface area contributed by atoms with E-state index in [0.29, 0.717) is 30.0 Å². The number of azo groups is 1. The highest BCUT2D eigenvalue weighted by molar-refractivity contribution is 5.66. The van der Waals surface area contributed by atoms with Gasteiger partial charge in [0, 0.05) is 19.5 Å². The molecular weight excluding hydrogens is 384 g/mol. The van der Waals surface area contributed by atoms with Crippen LogP contribution in [-0.2, 0) is 19.1 Å². The number of anilines is 1. The summed E-state index contributed by atoms with van der Waals surface area (Å²) in [5, 5.41) is 17.6. The SMILES string of the molecule is CC(=O)OCCN(CCOC(C)=O)c1ccc(N=Nc2ccc(C)cc2C#N)cc1. The summed E-state index contributed by atoms with van der Waals surface area (Å²) in [6, 6.07) is 14.8. The quantitative estimate of drug-likeness (QED) is 0.455. The molecular formula is C22H24N4O4. The molecule has 8 heteroatoms. The Hall–Kier alpha value is -3.73. The van der Waals surface area contributed by atoms with Crippen LogP contribution in [0.2, 0.25) is 0 Å². The Kier molecular flexibility index (Phi) is 8.51. The van der Waals surface area contributed by atoms with E-state index in [9.17, 15) is 14.9 Å². The van der Waals surface area contributed by atoms with E-state index in [1.54, 1.807) is 24.3 Å². The average Bonchev–Trinajstić information content (AvgIpc) is 2.71. The second-order valence-electron chi connectivity index (χ2n) is 6.52. The van der Waals surface area contributed by atoms with E-state index < -0.39 is 0 Å². The van der Waals surface area contributed by atoms with E-state index in [0.717, 1.165) is 11.3 Å². The first-order valence-electron chi connectivity index (χ1n) is 9.43. The lowest BCUT2D eigenvalue weighted by atomic mass is 10.1. The van der Waals surface area contributed by atoms with Crippen LogP contribution in [0.4, 0.5) is 17.1 Å². The van der Waals surface area contributed by atoms with Crippen molar-refractivity contribution < 1.29 is 19.1 Å². The van der Waals surface area contributed by atoms with Gasteiger partial charge in [0.2, 0.25) is 0 Å². The Morgan fingerprint density at radius 1 is 0.967 bits per heavy atom. The van der Waals surface area contributed by atoms with Crippen LogP contribution >= 0.6 is 0 Å². The molecule has 0 bridgehead atoms. The molecule has 0 aliphatic rings. The molecule has 0 heterocycles. The van der Waals surface area contributed by atoms with Crippen molar-refractivity contribution in [3.63, 3.8) is 0 Å². The van der Waals surface area contributed by atoms with Gasteiger partial charge in [0.15, 0.2) is 0 Å². The first-order chi connectivity index (χ1) is 14.4. The molecule has 0 aliphatic carbocycles. The zero-order chi connectivity index (χ0) is 21.9. The van der Waals surface area contributed by atoms with Crippen molar-refractivity contribution in [2.45, 2.75) is 20.8 Å². The van der Waals surface area contributed by atoms with E-state index in [2.05, 4.69) is 16.3 Å². The van der Waals surface area contributed by atoms with Gasteiger partial charge in [-0.1, -0.05) is 6.07 Å². The molecule has 0 saturated carbocycles. The number of nitrogens with zero attached hydrogens (tertiary/aromatic N) is 4. The molecule has 0 unspecified atom stereocenters. The van der Waals surface area contributed by atoms with Crippen LogP contribution in [0.15, 0.2) is 52.7 Å². The molecule has 0 fully saturated rings. The lowest BCUT2D eigenvalue weighted by Crippen LogP contribution is -2.31. The molecule has 30 heavy (non-hydrogen) atoms. The van der Waals surface area contributed by atoms with Crippen molar-refractivity contribution in [3.8, 4) is 6.07 Å². The fourth-order valence-corrected chi connectivity index (χ4v) is 2.64. The van der Waals surface area contributed by atoms with E-state index in [4.69, 9.17) is 9.47 Å². The normalized spacial score (nSPS) is 10.5. The van der Waals surface area contributed by atoms with E-state index in [1.165, 1.54) is 13.8 Å². The number of hydrogen-bond donors (Lipinski definition) is 0. The maximum absolute atomic E-state index is 11.0. The van der Waals surface area contributed by atoms with Crippen molar-refractivity contribution in [2.75, 3.05) is 31.2 Å². The Balaban J connectivity index is 2.09. The number of rotatable bonds is 9. The van der Waals surface area contributed by atoms with Gasteiger partial charge in [-0.05, 0) is 48.9 Å². The highest BCUT2D eigenvalue weighted by Crippen LogP contribution is 2.25. The van der Waals surface area contributed by atoms with Gasteiger partial charge < -0.3 is 14.4 Å². The third-order valence-corrected chi connectivity index (χ3v) is 4.09. The first-order valence-corrected chi connectivity index (χ1v) is 9.43. The summed E-state index contributed by atoms with van der Waals surface area (Å²) in [7, 11) is 0. The number of aryl methyl sites for hydroxylation is 1. The monoisotopic (exact) mass is 408 g/mol. The molecule has 156 valence electrons. The minimum atomic E-state index is -0.349. The number of carbonyl (C=O) groups is 2. The van der Waals surface area contributed by atoms with Crippen LogP contribution in [0.3, 0.4) is 0 Å². The van der Waals surface area contributed by atoms with Crippen LogP contribution in [-0.4, -0.2) is 38.2 Å². The predicted molar refractivity (Wildman–Crippen MR) is 112 cm³/mol. The molecule has 0 aliphatic heterocycles. The van der Waals surface area contributed by atoms with Crippen molar-refractivity contribution in [2.24, 2.45) is 10.2 Å². The maximum atomic E-state index is 11.0. The van der Waals surface area contributed by atoms with Gasteiger partial charge in [-0.3, -0.25) is 9.59 Å². The predicted octanol–water partition coefficient (Wildman–Crippen LogP) is 4.21. The highest BCUT2D eigenvalue weighted by atomic mass is 16.5. The molecule has 0 atom stereocenters. The first kappa shape index (κ1) is 22.6. The third-order valence-electron chi connectivity index (χ3n) is 4.09. The minimum absolute atomic E-state index is 0.223. The molecule has 0 spiro atoms. The molecule has 0 aromatic heterocycles. The standard InChI is InChI=1S/C22H24N4O4/c1-16-4-9-22(19(14-16)15-23)25-24-20-5-7-21(8-6-20)26(10-12-29-17(2)27)11-13-30-18(3)28/h4-9,14H,10-13H2,1-3H3. The summed E-state index contributed by atoms with van der Waals surface area (Å²) in [6.07, 6.45) is 0. The van der Waals surface area contributed by atoms with Crippen LogP contribution < -0.4 is 4.90 Å². The molecule has 0 radical (unpaired) electrons. The second-order valence-corrected chi connectivity index (χ2v) is 6.52. The number of benzene rings is 2. The van der Waals surface area contributed by atoms with Crippen molar-refractivity contribution in [1.82, 2.24) is 0 Å². The van der Waals surface area contributed by atoms with Crippen LogP contribution in [0, 0.1) is 18.3 Å². The van der Waals surface area contributed by atoms with Crippen LogP contribution in [0.5, 0.6) is 0 Å². The molecule has 0 amide bonds. The summed E-state index contributed by atoms with van der Waals surface area (Å²) < 4.78 is 10.0. The summed E-state index contributed by atoms with van der Waals surface area (Å²) in [4.78, 5) is 24.0.